The Kier molecular flexibility index (Phi) is 3.07. The van der Waals surface area contributed by atoms with Crippen molar-refractivity contribution in [2.45, 2.75) is 45.1 Å². The molecule has 1 aromatic rings. The van der Waals surface area contributed by atoms with Gasteiger partial charge in [-0.15, -0.1) is 0 Å². The monoisotopic (exact) mass is 188 g/mol. The molecule has 2 rings (SSSR count). The zero-order valence-corrected chi connectivity index (χ0v) is 8.87. The SMILES string of the molecule is CCCCCC1Cc2ccccc2[N]1. The molecule has 1 heteroatoms. The Labute approximate surface area is 86.5 Å². The molecule has 1 aliphatic rings. The third-order valence-corrected chi connectivity index (χ3v) is 2.91. The summed E-state index contributed by atoms with van der Waals surface area (Å²) in [5, 5.41) is 4.72. The fourth-order valence-electron chi connectivity index (χ4n) is 2.10. The summed E-state index contributed by atoms with van der Waals surface area (Å²) in [5.41, 5.74) is 2.67. The standard InChI is InChI=1S/C13H18N/c1-2-3-4-8-12-10-11-7-5-6-9-13(11)14-12/h5-7,9,12H,2-4,8,10H2,1H3. The molecule has 0 spiro atoms. The first-order valence-electron chi connectivity index (χ1n) is 5.69. The van der Waals surface area contributed by atoms with Crippen molar-refractivity contribution in [2.24, 2.45) is 0 Å². The van der Waals surface area contributed by atoms with E-state index in [0.717, 1.165) is 0 Å². The van der Waals surface area contributed by atoms with Crippen molar-refractivity contribution in [1.29, 1.82) is 0 Å². The van der Waals surface area contributed by atoms with Crippen LogP contribution in [-0.4, -0.2) is 6.04 Å². The molecule has 1 aliphatic heterocycles. The molecule has 0 bridgehead atoms. The van der Waals surface area contributed by atoms with E-state index in [2.05, 4.69) is 31.2 Å². The van der Waals surface area contributed by atoms with E-state index in [-0.39, 0.29) is 0 Å². The Balaban J connectivity index is 1.86. The molecule has 0 saturated heterocycles. The Morgan fingerprint density at radius 2 is 2.14 bits per heavy atom. The van der Waals surface area contributed by atoms with Crippen LogP contribution in [0.4, 0.5) is 5.69 Å². The molecular formula is C13H18N. The lowest BCUT2D eigenvalue weighted by Gasteiger charge is -2.07. The molecule has 1 aromatic carbocycles. The summed E-state index contributed by atoms with van der Waals surface area (Å²) in [6.45, 7) is 2.25. The lowest BCUT2D eigenvalue weighted by Crippen LogP contribution is -2.13. The maximum Gasteiger partial charge on any atom is 0.0610 e. The van der Waals surface area contributed by atoms with E-state index >= 15 is 0 Å². The van der Waals surface area contributed by atoms with Crippen LogP contribution in [0.25, 0.3) is 0 Å². The van der Waals surface area contributed by atoms with E-state index in [4.69, 9.17) is 5.32 Å². The first-order valence-corrected chi connectivity index (χ1v) is 5.69. The van der Waals surface area contributed by atoms with Gasteiger partial charge in [-0.25, -0.2) is 0 Å². The van der Waals surface area contributed by atoms with Crippen LogP contribution in [-0.2, 0) is 6.42 Å². The fraction of sp³-hybridized carbons (Fsp3) is 0.538. The average Bonchev–Trinajstić information content (AvgIpc) is 2.60. The Morgan fingerprint density at radius 1 is 1.29 bits per heavy atom. The van der Waals surface area contributed by atoms with Crippen molar-refractivity contribution in [1.82, 2.24) is 5.32 Å². The normalized spacial score (nSPS) is 19.1. The average molecular weight is 188 g/mol. The van der Waals surface area contributed by atoms with Gasteiger partial charge in [-0.3, -0.25) is 5.32 Å². The number of hydrogen-bond acceptors (Lipinski definition) is 0. The highest BCUT2D eigenvalue weighted by Gasteiger charge is 2.20. The molecule has 0 saturated carbocycles. The molecule has 0 aliphatic carbocycles. The zero-order valence-electron chi connectivity index (χ0n) is 8.87. The number of benzene rings is 1. The molecule has 0 N–H and O–H groups in total. The second-order valence-corrected chi connectivity index (χ2v) is 4.11. The number of para-hydroxylation sites is 1. The topological polar surface area (TPSA) is 14.1 Å². The molecule has 1 atom stereocenters. The maximum atomic E-state index is 4.72. The van der Waals surface area contributed by atoms with Gasteiger partial charge in [0.2, 0.25) is 0 Å². The van der Waals surface area contributed by atoms with Gasteiger partial charge < -0.3 is 0 Å². The lowest BCUT2D eigenvalue weighted by atomic mass is 10.0. The highest BCUT2D eigenvalue weighted by molar-refractivity contribution is 5.49. The summed E-state index contributed by atoms with van der Waals surface area (Å²) in [6, 6.07) is 9.10. The first kappa shape index (κ1) is 9.57. The van der Waals surface area contributed by atoms with Crippen LogP contribution in [0.1, 0.15) is 38.2 Å². The van der Waals surface area contributed by atoms with Gasteiger partial charge in [0.05, 0.1) is 11.7 Å². The Hall–Kier alpha value is -0.980. The van der Waals surface area contributed by atoms with Crippen molar-refractivity contribution in [3.05, 3.63) is 29.8 Å². The molecule has 1 nitrogen and oxygen atoms in total. The quantitative estimate of drug-likeness (QED) is 0.643. The highest BCUT2D eigenvalue weighted by Crippen LogP contribution is 2.27. The smallest absolute Gasteiger partial charge is 0.0610 e. The molecule has 14 heavy (non-hydrogen) atoms. The third kappa shape index (κ3) is 2.09. The maximum absolute atomic E-state index is 4.72. The van der Waals surface area contributed by atoms with Gasteiger partial charge in [-0.2, -0.15) is 0 Å². The first-order chi connectivity index (χ1) is 6.90. The minimum atomic E-state index is 0.568. The predicted molar refractivity (Wildman–Crippen MR) is 59.9 cm³/mol. The van der Waals surface area contributed by atoms with Gasteiger partial charge in [0.15, 0.2) is 0 Å². The van der Waals surface area contributed by atoms with E-state index in [1.54, 1.807) is 0 Å². The minimum absolute atomic E-state index is 0.568. The van der Waals surface area contributed by atoms with Crippen LogP contribution in [0.5, 0.6) is 0 Å². The van der Waals surface area contributed by atoms with Crippen LogP contribution >= 0.6 is 0 Å². The summed E-state index contributed by atoms with van der Waals surface area (Å²) >= 11 is 0. The molecular weight excluding hydrogens is 170 g/mol. The Bertz CT molecular complexity index is 268. The van der Waals surface area contributed by atoms with E-state index < -0.39 is 0 Å². The number of fused-ring (bicyclic) bond motifs is 1. The van der Waals surface area contributed by atoms with E-state index in [1.165, 1.54) is 43.4 Å². The van der Waals surface area contributed by atoms with Gasteiger partial charge in [0, 0.05) is 0 Å². The molecule has 75 valence electrons. The lowest BCUT2D eigenvalue weighted by molar-refractivity contribution is 0.529. The van der Waals surface area contributed by atoms with Crippen LogP contribution in [0.2, 0.25) is 0 Å². The zero-order chi connectivity index (χ0) is 9.80. The van der Waals surface area contributed by atoms with E-state index in [9.17, 15) is 0 Å². The number of unbranched alkanes of at least 4 members (excludes halogenated alkanes) is 2. The van der Waals surface area contributed by atoms with Crippen LogP contribution in [0, 0.1) is 0 Å². The molecule has 1 radical (unpaired) electrons. The summed E-state index contributed by atoms with van der Waals surface area (Å²) in [6.07, 6.45) is 6.42. The van der Waals surface area contributed by atoms with E-state index in [0.29, 0.717) is 6.04 Å². The number of hydrogen-bond donors (Lipinski definition) is 0. The van der Waals surface area contributed by atoms with Gasteiger partial charge in [0.1, 0.15) is 0 Å². The van der Waals surface area contributed by atoms with Gasteiger partial charge in [0.25, 0.3) is 0 Å². The molecule has 0 aromatic heterocycles. The Morgan fingerprint density at radius 3 is 2.93 bits per heavy atom. The van der Waals surface area contributed by atoms with E-state index in [1.807, 2.05) is 0 Å². The molecule has 0 fully saturated rings. The second-order valence-electron chi connectivity index (χ2n) is 4.11. The van der Waals surface area contributed by atoms with Crippen molar-refractivity contribution < 1.29 is 0 Å². The van der Waals surface area contributed by atoms with Crippen molar-refractivity contribution >= 4 is 5.69 Å². The highest BCUT2D eigenvalue weighted by atomic mass is 14.9. The van der Waals surface area contributed by atoms with Crippen molar-refractivity contribution in [3.8, 4) is 0 Å². The van der Waals surface area contributed by atoms with Crippen LogP contribution < -0.4 is 5.32 Å². The molecule has 0 amide bonds. The second kappa shape index (κ2) is 4.50. The minimum Gasteiger partial charge on any atom is -0.281 e. The van der Waals surface area contributed by atoms with Crippen LogP contribution in [0.3, 0.4) is 0 Å². The fourth-order valence-corrected chi connectivity index (χ4v) is 2.10. The number of rotatable bonds is 4. The summed E-state index contributed by atoms with van der Waals surface area (Å²) < 4.78 is 0. The predicted octanol–water partition coefficient (Wildman–Crippen LogP) is 3.43. The summed E-state index contributed by atoms with van der Waals surface area (Å²) in [7, 11) is 0. The van der Waals surface area contributed by atoms with Gasteiger partial charge in [-0.1, -0.05) is 44.4 Å². The number of nitrogens with zero attached hydrogens (tertiary/aromatic N) is 1. The van der Waals surface area contributed by atoms with Crippen molar-refractivity contribution in [3.63, 3.8) is 0 Å². The van der Waals surface area contributed by atoms with Crippen LogP contribution in [0.15, 0.2) is 24.3 Å². The summed E-state index contributed by atoms with van der Waals surface area (Å²) in [4.78, 5) is 0. The molecule has 1 heterocycles. The van der Waals surface area contributed by atoms with Crippen molar-refractivity contribution in [2.75, 3.05) is 0 Å². The third-order valence-electron chi connectivity index (χ3n) is 2.91. The van der Waals surface area contributed by atoms with Gasteiger partial charge in [-0.05, 0) is 24.5 Å². The molecule has 1 unspecified atom stereocenters. The summed E-state index contributed by atoms with van der Waals surface area (Å²) in [5.74, 6) is 0. The largest absolute Gasteiger partial charge is 0.281 e. The van der Waals surface area contributed by atoms with Gasteiger partial charge >= 0.3 is 0 Å².